The van der Waals surface area contributed by atoms with Gasteiger partial charge in [-0.2, -0.15) is 5.10 Å². The molecular formula is C15H17N3O5S. The van der Waals surface area contributed by atoms with Crippen LogP contribution in [0.25, 0.3) is 0 Å². The molecule has 0 bridgehead atoms. The minimum atomic E-state index is -3.95. The molecule has 2 aromatic rings. The first-order valence-electron chi connectivity index (χ1n) is 7.32. The highest BCUT2D eigenvalue weighted by molar-refractivity contribution is 7.92. The zero-order chi connectivity index (χ0) is 17.5. The third-order valence-corrected chi connectivity index (χ3v) is 5.42. The lowest BCUT2D eigenvalue weighted by molar-refractivity contribution is 0.0696. The van der Waals surface area contributed by atoms with Crippen molar-refractivity contribution in [1.82, 2.24) is 9.78 Å². The van der Waals surface area contributed by atoms with Crippen molar-refractivity contribution < 1.29 is 23.1 Å². The molecule has 1 heterocycles. The summed E-state index contributed by atoms with van der Waals surface area (Å²) in [6.07, 6.45) is 2.09. The van der Waals surface area contributed by atoms with E-state index in [1.165, 1.54) is 23.9 Å². The Hall–Kier alpha value is -2.55. The van der Waals surface area contributed by atoms with E-state index in [1.54, 1.807) is 13.1 Å². The summed E-state index contributed by atoms with van der Waals surface area (Å²) in [7, 11) is -0.870. The number of carboxylic acids is 1. The topological polar surface area (TPSA) is 111 Å². The molecule has 8 nitrogen and oxygen atoms in total. The standard InChI is InChI=1S/C15H17N3O5S/c1-18-14(23-2)8-13(16-18)17-24(21,22)12-7-10(15(19)20)6-9-4-3-5-11(9)12/h6-8H,3-5H2,1-2H3,(H,16,17)(H,19,20). The van der Waals surface area contributed by atoms with E-state index in [-0.39, 0.29) is 16.3 Å². The molecule has 0 saturated carbocycles. The molecule has 1 aromatic heterocycles. The number of rotatable bonds is 5. The van der Waals surface area contributed by atoms with Gasteiger partial charge in [0.1, 0.15) is 0 Å². The number of anilines is 1. The smallest absolute Gasteiger partial charge is 0.335 e. The van der Waals surface area contributed by atoms with Crippen molar-refractivity contribution >= 4 is 21.8 Å². The van der Waals surface area contributed by atoms with Crippen molar-refractivity contribution in [2.45, 2.75) is 24.2 Å². The maximum Gasteiger partial charge on any atom is 0.335 e. The van der Waals surface area contributed by atoms with Crippen LogP contribution >= 0.6 is 0 Å². The van der Waals surface area contributed by atoms with Gasteiger partial charge in [-0.25, -0.2) is 17.9 Å². The molecule has 0 fully saturated rings. The van der Waals surface area contributed by atoms with Crippen LogP contribution in [0.5, 0.6) is 5.88 Å². The number of carbonyl (C=O) groups is 1. The number of aryl methyl sites for hydroxylation is 2. The monoisotopic (exact) mass is 351 g/mol. The highest BCUT2D eigenvalue weighted by Crippen LogP contribution is 2.31. The second-order valence-electron chi connectivity index (χ2n) is 5.57. The number of ether oxygens (including phenoxy) is 1. The van der Waals surface area contributed by atoms with Gasteiger partial charge in [-0.15, -0.1) is 0 Å². The highest BCUT2D eigenvalue weighted by atomic mass is 32.2. The van der Waals surface area contributed by atoms with Gasteiger partial charge in [0.05, 0.1) is 17.6 Å². The summed E-state index contributed by atoms with van der Waals surface area (Å²) in [5.74, 6) is -0.639. The van der Waals surface area contributed by atoms with Crippen LogP contribution in [0.4, 0.5) is 5.82 Å². The van der Waals surface area contributed by atoms with Crippen molar-refractivity contribution in [3.05, 3.63) is 34.9 Å². The summed E-state index contributed by atoms with van der Waals surface area (Å²) in [6, 6.07) is 4.21. The van der Waals surface area contributed by atoms with Crippen molar-refractivity contribution in [3.8, 4) is 5.88 Å². The van der Waals surface area contributed by atoms with Crippen molar-refractivity contribution in [3.63, 3.8) is 0 Å². The molecular weight excluding hydrogens is 334 g/mol. The molecule has 0 aliphatic heterocycles. The molecule has 1 aliphatic rings. The fourth-order valence-corrected chi connectivity index (χ4v) is 4.24. The first-order chi connectivity index (χ1) is 11.3. The maximum absolute atomic E-state index is 12.8. The molecule has 0 unspecified atom stereocenters. The van der Waals surface area contributed by atoms with Crippen LogP contribution in [0.1, 0.15) is 27.9 Å². The predicted octanol–water partition coefficient (Wildman–Crippen LogP) is 1.42. The van der Waals surface area contributed by atoms with E-state index >= 15 is 0 Å². The normalized spacial score (nSPS) is 13.6. The molecule has 9 heteroatoms. The number of hydrogen-bond acceptors (Lipinski definition) is 5. The number of benzene rings is 1. The highest BCUT2D eigenvalue weighted by Gasteiger charge is 2.27. The number of aromatic nitrogens is 2. The van der Waals surface area contributed by atoms with Crippen LogP contribution in [0.2, 0.25) is 0 Å². The van der Waals surface area contributed by atoms with Gasteiger partial charge in [0.2, 0.25) is 5.88 Å². The van der Waals surface area contributed by atoms with Gasteiger partial charge in [-0.1, -0.05) is 0 Å². The Morgan fingerprint density at radius 3 is 2.71 bits per heavy atom. The van der Waals surface area contributed by atoms with Crippen LogP contribution in [-0.2, 0) is 29.9 Å². The summed E-state index contributed by atoms with van der Waals surface area (Å²) in [4.78, 5) is 11.3. The SMILES string of the molecule is COc1cc(NS(=O)(=O)c2cc(C(=O)O)cc3c2CCC3)nn1C. The van der Waals surface area contributed by atoms with Gasteiger partial charge in [0, 0.05) is 13.1 Å². The van der Waals surface area contributed by atoms with Gasteiger partial charge in [-0.05, 0) is 42.5 Å². The van der Waals surface area contributed by atoms with E-state index in [2.05, 4.69) is 9.82 Å². The second kappa shape index (κ2) is 5.82. The number of hydrogen-bond donors (Lipinski definition) is 2. The number of nitrogens with zero attached hydrogens (tertiary/aromatic N) is 2. The summed E-state index contributed by atoms with van der Waals surface area (Å²) >= 11 is 0. The zero-order valence-corrected chi connectivity index (χ0v) is 14.1. The molecule has 1 aromatic carbocycles. The minimum absolute atomic E-state index is 0.000445. The fraction of sp³-hybridized carbons (Fsp3) is 0.333. The Labute approximate surface area is 139 Å². The first-order valence-corrected chi connectivity index (χ1v) is 8.80. The van der Waals surface area contributed by atoms with Gasteiger partial charge >= 0.3 is 5.97 Å². The van der Waals surface area contributed by atoms with Crippen LogP contribution < -0.4 is 9.46 Å². The summed E-state index contributed by atoms with van der Waals surface area (Å²) < 4.78 is 34.4. The summed E-state index contributed by atoms with van der Waals surface area (Å²) in [6.45, 7) is 0. The summed E-state index contributed by atoms with van der Waals surface area (Å²) in [5.41, 5.74) is 1.42. The lowest BCUT2D eigenvalue weighted by atomic mass is 10.1. The number of aromatic carboxylic acids is 1. The van der Waals surface area contributed by atoms with Crippen molar-refractivity contribution in [2.24, 2.45) is 7.05 Å². The van der Waals surface area contributed by atoms with E-state index in [4.69, 9.17) is 4.74 Å². The Morgan fingerprint density at radius 2 is 2.08 bits per heavy atom. The Kier molecular flexibility index (Phi) is 3.96. The Bertz CT molecular complexity index is 917. The molecule has 1 aliphatic carbocycles. The van der Waals surface area contributed by atoms with E-state index in [9.17, 15) is 18.3 Å². The van der Waals surface area contributed by atoms with Gasteiger partial charge in [-0.3, -0.25) is 4.72 Å². The second-order valence-corrected chi connectivity index (χ2v) is 7.22. The van der Waals surface area contributed by atoms with Gasteiger partial charge in [0.25, 0.3) is 10.0 Å². The van der Waals surface area contributed by atoms with E-state index < -0.39 is 16.0 Å². The fourth-order valence-electron chi connectivity index (χ4n) is 2.91. The molecule has 0 radical (unpaired) electrons. The molecule has 0 atom stereocenters. The molecule has 0 saturated heterocycles. The Morgan fingerprint density at radius 1 is 1.33 bits per heavy atom. The van der Waals surface area contributed by atoms with E-state index in [0.29, 0.717) is 24.3 Å². The first kappa shape index (κ1) is 16.3. The van der Waals surface area contributed by atoms with E-state index in [0.717, 1.165) is 12.0 Å². The number of fused-ring (bicyclic) bond motifs is 1. The third kappa shape index (κ3) is 2.82. The number of sulfonamides is 1. The van der Waals surface area contributed by atoms with Gasteiger partial charge < -0.3 is 9.84 Å². The van der Waals surface area contributed by atoms with Crippen LogP contribution in [-0.4, -0.2) is 36.4 Å². The predicted molar refractivity (Wildman–Crippen MR) is 86.0 cm³/mol. The van der Waals surface area contributed by atoms with Crippen LogP contribution in [0, 0.1) is 0 Å². The number of methoxy groups -OCH3 is 1. The average molecular weight is 351 g/mol. The largest absolute Gasteiger partial charge is 0.481 e. The molecule has 24 heavy (non-hydrogen) atoms. The van der Waals surface area contributed by atoms with Crippen molar-refractivity contribution in [2.75, 3.05) is 11.8 Å². The number of carboxylic acid groups (broad SMARTS) is 1. The lowest BCUT2D eigenvalue weighted by Gasteiger charge is -2.11. The van der Waals surface area contributed by atoms with Gasteiger partial charge in [0.15, 0.2) is 5.82 Å². The molecule has 2 N–H and O–H groups in total. The van der Waals surface area contributed by atoms with Crippen LogP contribution in [0.3, 0.4) is 0 Å². The lowest BCUT2D eigenvalue weighted by Crippen LogP contribution is -2.16. The van der Waals surface area contributed by atoms with Crippen molar-refractivity contribution in [1.29, 1.82) is 0 Å². The zero-order valence-electron chi connectivity index (χ0n) is 13.2. The maximum atomic E-state index is 12.8. The minimum Gasteiger partial charge on any atom is -0.481 e. The van der Waals surface area contributed by atoms with E-state index in [1.807, 2.05) is 0 Å². The third-order valence-electron chi connectivity index (χ3n) is 4.00. The molecule has 3 rings (SSSR count). The average Bonchev–Trinajstić information content (AvgIpc) is 3.11. The Balaban J connectivity index is 2.04. The summed E-state index contributed by atoms with van der Waals surface area (Å²) in [5, 5.41) is 13.2. The quantitative estimate of drug-likeness (QED) is 0.843. The molecule has 0 amide bonds. The number of nitrogens with one attached hydrogen (secondary N) is 1. The molecule has 0 spiro atoms. The molecule has 128 valence electrons. The van der Waals surface area contributed by atoms with Crippen LogP contribution in [0.15, 0.2) is 23.1 Å².